The maximum atomic E-state index is 5.91. The molecule has 2 nitrogen and oxygen atoms in total. The van der Waals surface area contributed by atoms with Crippen LogP contribution in [0.15, 0.2) is 42.6 Å². The zero-order chi connectivity index (χ0) is 14.3. The number of nitrogens with zero attached hydrogens (tertiary/aromatic N) is 1. The predicted molar refractivity (Wildman–Crippen MR) is 86.1 cm³/mol. The Labute approximate surface area is 119 Å². The first-order chi connectivity index (χ1) is 9.54. The molecule has 0 bridgehead atoms. The molecule has 0 amide bonds. The zero-order valence-corrected chi connectivity index (χ0v) is 12.3. The van der Waals surface area contributed by atoms with Crippen molar-refractivity contribution in [2.24, 2.45) is 0 Å². The van der Waals surface area contributed by atoms with Crippen LogP contribution in [0.2, 0.25) is 0 Å². The molecule has 3 aromatic rings. The van der Waals surface area contributed by atoms with E-state index >= 15 is 0 Å². The van der Waals surface area contributed by atoms with Crippen LogP contribution in [0, 0.1) is 20.8 Å². The summed E-state index contributed by atoms with van der Waals surface area (Å²) in [6.07, 6.45) is 2.14. The van der Waals surface area contributed by atoms with Crippen LogP contribution in [0.1, 0.15) is 22.3 Å². The largest absolute Gasteiger partial charge is 0.399 e. The summed E-state index contributed by atoms with van der Waals surface area (Å²) in [6.45, 7) is 7.42. The fourth-order valence-electron chi connectivity index (χ4n) is 2.97. The molecule has 0 spiro atoms. The first-order valence-corrected chi connectivity index (χ1v) is 6.96. The van der Waals surface area contributed by atoms with Gasteiger partial charge in [-0.1, -0.05) is 23.8 Å². The van der Waals surface area contributed by atoms with Crippen LogP contribution < -0.4 is 5.73 Å². The third-order valence-electron chi connectivity index (χ3n) is 3.97. The van der Waals surface area contributed by atoms with E-state index in [9.17, 15) is 0 Å². The Hall–Kier alpha value is -2.22. The molecule has 2 N–H and O–H groups in total. The van der Waals surface area contributed by atoms with Crippen molar-refractivity contribution in [3.05, 3.63) is 64.8 Å². The molecule has 0 fully saturated rings. The van der Waals surface area contributed by atoms with Gasteiger partial charge in [-0.05, 0) is 61.0 Å². The van der Waals surface area contributed by atoms with Crippen LogP contribution in [-0.2, 0) is 6.54 Å². The van der Waals surface area contributed by atoms with E-state index in [0.717, 1.165) is 12.2 Å². The number of hydrogen-bond donors (Lipinski definition) is 1. The van der Waals surface area contributed by atoms with Crippen LogP contribution in [0.5, 0.6) is 0 Å². The van der Waals surface area contributed by atoms with Gasteiger partial charge in [-0.3, -0.25) is 0 Å². The van der Waals surface area contributed by atoms with Gasteiger partial charge in [0.2, 0.25) is 0 Å². The second kappa shape index (κ2) is 4.71. The second-order valence-electron chi connectivity index (χ2n) is 5.64. The number of benzene rings is 2. The Balaban J connectivity index is 2.08. The monoisotopic (exact) mass is 264 g/mol. The van der Waals surface area contributed by atoms with Crippen molar-refractivity contribution < 1.29 is 0 Å². The lowest BCUT2D eigenvalue weighted by atomic mass is 10.00. The van der Waals surface area contributed by atoms with E-state index in [0.29, 0.717) is 0 Å². The first kappa shape index (κ1) is 12.8. The Morgan fingerprint density at radius 3 is 2.35 bits per heavy atom. The molecule has 0 atom stereocenters. The van der Waals surface area contributed by atoms with Gasteiger partial charge in [0.1, 0.15) is 0 Å². The van der Waals surface area contributed by atoms with Crippen LogP contribution >= 0.6 is 0 Å². The van der Waals surface area contributed by atoms with Crippen molar-refractivity contribution in [1.82, 2.24) is 4.57 Å². The molecule has 2 heteroatoms. The van der Waals surface area contributed by atoms with Gasteiger partial charge in [-0.25, -0.2) is 0 Å². The maximum absolute atomic E-state index is 5.91. The van der Waals surface area contributed by atoms with Crippen molar-refractivity contribution in [3.8, 4) is 0 Å². The molecule has 2 aromatic carbocycles. The average Bonchev–Trinajstić information content (AvgIpc) is 2.76. The fourth-order valence-corrected chi connectivity index (χ4v) is 2.97. The van der Waals surface area contributed by atoms with E-state index in [1.165, 1.54) is 33.2 Å². The highest BCUT2D eigenvalue weighted by Gasteiger charge is 2.07. The molecule has 1 heterocycles. The summed E-state index contributed by atoms with van der Waals surface area (Å²) in [7, 11) is 0. The number of fused-ring (bicyclic) bond motifs is 1. The smallest absolute Gasteiger partial charge is 0.0504 e. The third kappa shape index (κ3) is 2.18. The van der Waals surface area contributed by atoms with E-state index in [-0.39, 0.29) is 0 Å². The van der Waals surface area contributed by atoms with Gasteiger partial charge < -0.3 is 10.3 Å². The van der Waals surface area contributed by atoms with E-state index in [1.807, 2.05) is 12.1 Å². The number of rotatable bonds is 2. The minimum atomic E-state index is 0.815. The van der Waals surface area contributed by atoms with Crippen LogP contribution in [-0.4, -0.2) is 4.57 Å². The lowest BCUT2D eigenvalue weighted by molar-refractivity contribution is 0.823. The molecule has 1 aromatic heterocycles. The highest BCUT2D eigenvalue weighted by Crippen LogP contribution is 2.23. The Morgan fingerprint density at radius 1 is 0.950 bits per heavy atom. The summed E-state index contributed by atoms with van der Waals surface area (Å²) in [5.74, 6) is 0. The average molecular weight is 264 g/mol. The van der Waals surface area contributed by atoms with Gasteiger partial charge in [0.25, 0.3) is 0 Å². The molecule has 0 saturated heterocycles. The number of hydrogen-bond acceptors (Lipinski definition) is 1. The highest BCUT2D eigenvalue weighted by atomic mass is 15.0. The number of anilines is 1. The summed E-state index contributed by atoms with van der Waals surface area (Å²) in [5.41, 5.74) is 13.4. The third-order valence-corrected chi connectivity index (χ3v) is 3.97. The van der Waals surface area contributed by atoms with Crippen molar-refractivity contribution in [1.29, 1.82) is 0 Å². The summed E-state index contributed by atoms with van der Waals surface area (Å²) >= 11 is 0. The molecule has 0 radical (unpaired) electrons. The molecule has 0 saturated carbocycles. The van der Waals surface area contributed by atoms with E-state index in [4.69, 9.17) is 5.73 Å². The van der Waals surface area contributed by atoms with Crippen LogP contribution in [0.25, 0.3) is 10.9 Å². The van der Waals surface area contributed by atoms with Crippen LogP contribution in [0.4, 0.5) is 5.69 Å². The first-order valence-electron chi connectivity index (χ1n) is 6.96. The summed E-state index contributed by atoms with van der Waals surface area (Å²) in [4.78, 5) is 0. The minimum Gasteiger partial charge on any atom is -0.399 e. The topological polar surface area (TPSA) is 30.9 Å². The molecule has 0 aliphatic heterocycles. The van der Waals surface area contributed by atoms with E-state index in [2.05, 4.69) is 55.8 Å². The van der Waals surface area contributed by atoms with Gasteiger partial charge in [-0.2, -0.15) is 0 Å². The molecule has 0 aliphatic carbocycles. The van der Waals surface area contributed by atoms with E-state index < -0.39 is 0 Å². The number of nitrogens with two attached hydrogens (primary N) is 1. The second-order valence-corrected chi connectivity index (χ2v) is 5.64. The molecule has 102 valence electrons. The van der Waals surface area contributed by atoms with E-state index in [1.54, 1.807) is 0 Å². The standard InChI is InChI=1S/C18H20N2/c1-12-8-13(2)17(14(3)9-12)11-20-7-6-15-4-5-16(19)10-18(15)20/h4-10H,11,19H2,1-3H3. The van der Waals surface area contributed by atoms with Crippen molar-refractivity contribution in [2.45, 2.75) is 27.3 Å². The van der Waals surface area contributed by atoms with Crippen molar-refractivity contribution >= 4 is 16.6 Å². The van der Waals surface area contributed by atoms with Crippen molar-refractivity contribution in [2.75, 3.05) is 5.73 Å². The highest BCUT2D eigenvalue weighted by molar-refractivity contribution is 5.83. The quantitative estimate of drug-likeness (QED) is 0.691. The maximum Gasteiger partial charge on any atom is 0.0504 e. The summed E-state index contributed by atoms with van der Waals surface area (Å²) < 4.78 is 2.27. The normalized spacial score (nSPS) is 11.2. The number of nitrogen functional groups attached to an aromatic ring is 1. The predicted octanol–water partition coefficient (Wildman–Crippen LogP) is 4.20. The molecular weight excluding hydrogens is 244 g/mol. The molecule has 20 heavy (non-hydrogen) atoms. The fraction of sp³-hybridized carbons (Fsp3) is 0.222. The SMILES string of the molecule is Cc1cc(C)c(Cn2ccc3ccc(N)cc32)c(C)c1. The van der Waals surface area contributed by atoms with Gasteiger partial charge >= 0.3 is 0 Å². The minimum absolute atomic E-state index is 0.815. The van der Waals surface area contributed by atoms with Gasteiger partial charge in [0.15, 0.2) is 0 Å². The summed E-state index contributed by atoms with van der Waals surface area (Å²) in [6, 6.07) is 12.7. The Kier molecular flexibility index (Phi) is 3.01. The number of aromatic nitrogens is 1. The van der Waals surface area contributed by atoms with Gasteiger partial charge in [0, 0.05) is 18.4 Å². The summed E-state index contributed by atoms with van der Waals surface area (Å²) in [5, 5.41) is 1.24. The zero-order valence-electron chi connectivity index (χ0n) is 12.3. The molecule has 0 aliphatic rings. The Morgan fingerprint density at radius 2 is 1.65 bits per heavy atom. The van der Waals surface area contributed by atoms with Crippen LogP contribution in [0.3, 0.4) is 0 Å². The lowest BCUT2D eigenvalue weighted by Crippen LogP contribution is -2.03. The number of aryl methyl sites for hydroxylation is 3. The van der Waals surface area contributed by atoms with Crippen molar-refractivity contribution in [3.63, 3.8) is 0 Å². The van der Waals surface area contributed by atoms with Gasteiger partial charge in [-0.15, -0.1) is 0 Å². The lowest BCUT2D eigenvalue weighted by Gasteiger charge is -2.13. The Bertz CT molecular complexity index is 758. The molecule has 3 rings (SSSR count). The van der Waals surface area contributed by atoms with Gasteiger partial charge in [0.05, 0.1) is 5.52 Å². The molecular formula is C18H20N2. The molecule has 0 unspecified atom stereocenters.